The molecule has 0 amide bonds. The smallest absolute Gasteiger partial charge is 0.338 e. The predicted molar refractivity (Wildman–Crippen MR) is 167 cm³/mol. The third-order valence-corrected chi connectivity index (χ3v) is 8.04. The Morgan fingerprint density at radius 2 is 1.74 bits per heavy atom. The largest absolute Gasteiger partial charge is 0.497 e. The number of carbonyl (C=O) groups excluding carboxylic acids is 1. The number of hydrogen-bond donors (Lipinski definition) is 0. The number of carbonyl (C=O) groups is 1. The van der Waals surface area contributed by atoms with E-state index in [0.29, 0.717) is 49.5 Å². The number of allylic oxidation sites excluding steroid dienone is 1. The molecule has 0 saturated heterocycles. The maximum atomic E-state index is 13.9. The molecule has 3 aromatic carbocycles. The molecule has 4 aromatic rings. The van der Waals surface area contributed by atoms with Crippen LogP contribution in [0.4, 0.5) is 0 Å². The van der Waals surface area contributed by atoms with Gasteiger partial charge in [-0.2, -0.15) is 0 Å². The topological polar surface area (TPSA) is 88.4 Å². The Morgan fingerprint density at radius 3 is 2.40 bits per heavy atom. The van der Waals surface area contributed by atoms with Gasteiger partial charge in [0, 0.05) is 5.02 Å². The average Bonchev–Trinajstić information content (AvgIpc) is 3.29. The van der Waals surface area contributed by atoms with E-state index >= 15 is 0 Å². The molecule has 0 radical (unpaired) electrons. The summed E-state index contributed by atoms with van der Waals surface area (Å²) in [6.07, 6.45) is 1.45. The van der Waals surface area contributed by atoms with Crippen molar-refractivity contribution in [3.05, 3.63) is 119 Å². The number of rotatable bonds is 9. The highest BCUT2D eigenvalue weighted by atomic mass is 35.5. The zero-order chi connectivity index (χ0) is 30.7. The summed E-state index contributed by atoms with van der Waals surface area (Å²) >= 11 is 7.24. The Balaban J connectivity index is 1.54. The molecule has 43 heavy (non-hydrogen) atoms. The van der Waals surface area contributed by atoms with E-state index in [1.807, 2.05) is 54.6 Å². The van der Waals surface area contributed by atoms with E-state index < -0.39 is 12.0 Å². The van der Waals surface area contributed by atoms with E-state index in [-0.39, 0.29) is 11.7 Å². The Morgan fingerprint density at radius 1 is 1.02 bits per heavy atom. The molecule has 1 atom stereocenters. The summed E-state index contributed by atoms with van der Waals surface area (Å²) in [5.74, 6) is 1.25. The van der Waals surface area contributed by atoms with Crippen molar-refractivity contribution in [2.24, 2.45) is 4.99 Å². The molecule has 0 bridgehead atoms. The Hall–Kier alpha value is -4.34. The molecule has 2 heterocycles. The van der Waals surface area contributed by atoms with E-state index in [1.54, 1.807) is 57.8 Å². The van der Waals surface area contributed by atoms with Crippen LogP contribution < -0.4 is 29.1 Å². The second-order valence-corrected chi connectivity index (χ2v) is 11.6. The van der Waals surface area contributed by atoms with Crippen molar-refractivity contribution in [3.8, 4) is 17.2 Å². The number of aromatic nitrogens is 1. The van der Waals surface area contributed by atoms with Crippen molar-refractivity contribution in [1.29, 1.82) is 0 Å². The maximum Gasteiger partial charge on any atom is 0.338 e. The van der Waals surface area contributed by atoms with Crippen molar-refractivity contribution in [2.75, 3.05) is 14.2 Å². The van der Waals surface area contributed by atoms with Crippen molar-refractivity contribution in [3.63, 3.8) is 0 Å². The van der Waals surface area contributed by atoms with Gasteiger partial charge in [0.1, 0.15) is 12.4 Å². The normalized spacial score (nSPS) is 14.8. The molecule has 10 heteroatoms. The maximum absolute atomic E-state index is 13.9. The van der Waals surface area contributed by atoms with Gasteiger partial charge < -0.3 is 18.9 Å². The van der Waals surface area contributed by atoms with Crippen LogP contribution >= 0.6 is 22.9 Å². The minimum Gasteiger partial charge on any atom is -0.497 e. The molecule has 0 fully saturated rings. The van der Waals surface area contributed by atoms with Crippen LogP contribution in [-0.4, -0.2) is 30.9 Å². The highest BCUT2D eigenvalue weighted by Crippen LogP contribution is 2.32. The summed E-state index contributed by atoms with van der Waals surface area (Å²) in [6, 6.07) is 19.5. The molecule has 0 saturated carbocycles. The third-order valence-electron chi connectivity index (χ3n) is 6.81. The Labute approximate surface area is 258 Å². The Kier molecular flexibility index (Phi) is 9.03. The second-order valence-electron chi connectivity index (χ2n) is 10.1. The number of fused-ring (bicyclic) bond motifs is 1. The van der Waals surface area contributed by atoms with Crippen LogP contribution in [0.2, 0.25) is 5.02 Å². The third kappa shape index (κ3) is 6.53. The van der Waals surface area contributed by atoms with Gasteiger partial charge in [0.2, 0.25) is 0 Å². The zero-order valence-corrected chi connectivity index (χ0v) is 26.0. The highest BCUT2D eigenvalue weighted by molar-refractivity contribution is 7.07. The monoisotopic (exact) mass is 618 g/mol. The fourth-order valence-electron chi connectivity index (χ4n) is 4.75. The van der Waals surface area contributed by atoms with E-state index in [4.69, 9.17) is 30.5 Å². The summed E-state index contributed by atoms with van der Waals surface area (Å²) in [4.78, 5) is 32.4. The van der Waals surface area contributed by atoms with Crippen molar-refractivity contribution in [1.82, 2.24) is 4.57 Å². The van der Waals surface area contributed by atoms with Crippen LogP contribution in [0.25, 0.3) is 6.08 Å². The summed E-state index contributed by atoms with van der Waals surface area (Å²) in [6.45, 7) is 5.68. The first-order valence-electron chi connectivity index (χ1n) is 13.6. The fraction of sp³-hybridized carbons (Fsp3) is 0.242. The number of ether oxygens (including phenoxy) is 4. The average molecular weight is 619 g/mol. The lowest BCUT2D eigenvalue weighted by Crippen LogP contribution is -2.40. The summed E-state index contributed by atoms with van der Waals surface area (Å²) in [5, 5.41) is 0.660. The molecule has 8 nitrogen and oxygen atoms in total. The number of nitrogens with zero attached hydrogens (tertiary/aromatic N) is 2. The summed E-state index contributed by atoms with van der Waals surface area (Å²) in [5.41, 5.74) is 3.01. The number of methoxy groups -OCH3 is 2. The van der Waals surface area contributed by atoms with Crippen LogP contribution in [0.5, 0.6) is 17.2 Å². The van der Waals surface area contributed by atoms with Gasteiger partial charge in [-0.25, -0.2) is 9.79 Å². The molecular formula is C33H31ClN2O6S. The van der Waals surface area contributed by atoms with Gasteiger partial charge in [-0.1, -0.05) is 53.3 Å². The highest BCUT2D eigenvalue weighted by Gasteiger charge is 2.33. The summed E-state index contributed by atoms with van der Waals surface area (Å²) in [7, 11) is 3.15. The van der Waals surface area contributed by atoms with Gasteiger partial charge >= 0.3 is 5.97 Å². The van der Waals surface area contributed by atoms with Gasteiger partial charge in [-0.15, -0.1) is 0 Å². The first kappa shape index (κ1) is 30.1. The van der Waals surface area contributed by atoms with Crippen LogP contribution in [0.1, 0.15) is 43.5 Å². The number of hydrogen-bond acceptors (Lipinski definition) is 8. The predicted octanol–water partition coefficient (Wildman–Crippen LogP) is 5.44. The zero-order valence-electron chi connectivity index (χ0n) is 24.4. The number of benzene rings is 3. The molecule has 0 aliphatic carbocycles. The minimum atomic E-state index is -0.714. The molecule has 1 aliphatic heterocycles. The molecule has 0 N–H and O–H groups in total. The first-order chi connectivity index (χ1) is 20.7. The fourth-order valence-corrected chi connectivity index (χ4v) is 5.92. The summed E-state index contributed by atoms with van der Waals surface area (Å²) < 4.78 is 24.5. The molecule has 0 spiro atoms. The van der Waals surface area contributed by atoms with Crippen LogP contribution in [-0.2, 0) is 16.1 Å². The van der Waals surface area contributed by atoms with Crippen molar-refractivity contribution in [2.45, 2.75) is 39.5 Å². The molecule has 1 aromatic heterocycles. The van der Waals surface area contributed by atoms with Crippen LogP contribution in [0.3, 0.4) is 0 Å². The lowest BCUT2D eigenvalue weighted by atomic mass is 9.96. The number of thiazole rings is 1. The van der Waals surface area contributed by atoms with Crippen molar-refractivity contribution >= 4 is 35.0 Å². The molecule has 1 unspecified atom stereocenters. The van der Waals surface area contributed by atoms with Gasteiger partial charge in [0.05, 0.1) is 42.2 Å². The standard InChI is InChI=1S/C33H31ClN2O6S/c1-19(2)42-32(38)29-20(3)35-33-36(30(29)23-9-13-25(39-4)14-10-23)31(37)28(43-33)17-22-8-15-26(27(16-22)40-5)41-18-21-6-11-24(34)12-7-21/h6-17,19,30H,18H2,1-5H3/b28-17-. The number of esters is 1. The van der Waals surface area contributed by atoms with E-state index in [0.717, 1.165) is 16.7 Å². The van der Waals surface area contributed by atoms with Crippen LogP contribution in [0, 0.1) is 0 Å². The van der Waals surface area contributed by atoms with Crippen molar-refractivity contribution < 1.29 is 23.7 Å². The van der Waals surface area contributed by atoms with Gasteiger partial charge in [0.15, 0.2) is 16.3 Å². The molecule has 222 valence electrons. The van der Waals surface area contributed by atoms with E-state index in [1.165, 1.54) is 11.3 Å². The van der Waals surface area contributed by atoms with Gasteiger partial charge in [0.25, 0.3) is 5.56 Å². The number of halogens is 1. The van der Waals surface area contributed by atoms with Gasteiger partial charge in [-0.3, -0.25) is 9.36 Å². The van der Waals surface area contributed by atoms with Crippen LogP contribution in [0.15, 0.2) is 87.8 Å². The Bertz CT molecular complexity index is 1860. The SMILES string of the molecule is COc1ccc(C2C(C(=O)OC(C)C)=C(C)N=c3s/c(=C\c4ccc(OCc5ccc(Cl)cc5)c(OC)c4)c(=O)n32)cc1. The molecule has 5 rings (SSSR count). The van der Waals surface area contributed by atoms with E-state index in [2.05, 4.69) is 4.99 Å². The minimum absolute atomic E-state index is 0.269. The van der Waals surface area contributed by atoms with E-state index in [9.17, 15) is 9.59 Å². The second kappa shape index (κ2) is 12.9. The lowest BCUT2D eigenvalue weighted by molar-refractivity contribution is -0.143. The first-order valence-corrected chi connectivity index (χ1v) is 14.8. The molecule has 1 aliphatic rings. The van der Waals surface area contributed by atoms with Gasteiger partial charge in [-0.05, 0) is 79.9 Å². The lowest BCUT2D eigenvalue weighted by Gasteiger charge is -2.25. The quantitative estimate of drug-likeness (QED) is 0.232. The molecular weight excluding hydrogens is 588 g/mol.